The van der Waals surface area contributed by atoms with Gasteiger partial charge < -0.3 is 14.4 Å². The lowest BCUT2D eigenvalue weighted by atomic mass is 9.73. The Balaban J connectivity index is 0.000000454. The van der Waals surface area contributed by atoms with Crippen LogP contribution in [0, 0.1) is 6.92 Å². The second kappa shape index (κ2) is 11.5. The zero-order valence-electron chi connectivity index (χ0n) is 21.1. The molecule has 2 aromatic rings. The number of piperidine rings is 1. The highest BCUT2D eigenvalue weighted by molar-refractivity contribution is 5.77. The molecule has 1 aliphatic carbocycles. The monoisotopic (exact) mass is 508 g/mol. The maximum atomic E-state index is 12.8. The van der Waals surface area contributed by atoms with Gasteiger partial charge in [-0.3, -0.25) is 9.69 Å². The summed E-state index contributed by atoms with van der Waals surface area (Å²) in [6.45, 7) is 10.8. The fourth-order valence-corrected chi connectivity index (χ4v) is 5.53. The van der Waals surface area contributed by atoms with E-state index in [0.717, 1.165) is 50.7 Å². The number of carbonyl (C=O) groups is 2. The number of halogens is 3. The average Bonchev–Trinajstić information content (AvgIpc) is 3.37. The molecule has 198 valence electrons. The number of carboxylic acid groups (broad SMARTS) is 1. The number of benzene rings is 1. The molecule has 6 nitrogen and oxygen atoms in total. The number of nitrogens with zero attached hydrogens (tertiary/aromatic N) is 2. The van der Waals surface area contributed by atoms with Gasteiger partial charge in [0.25, 0.3) is 0 Å². The average molecular weight is 509 g/mol. The van der Waals surface area contributed by atoms with Crippen molar-refractivity contribution < 1.29 is 32.3 Å². The van der Waals surface area contributed by atoms with Crippen molar-refractivity contribution in [3.8, 4) is 0 Å². The summed E-state index contributed by atoms with van der Waals surface area (Å²) in [4.78, 5) is 26.2. The summed E-state index contributed by atoms with van der Waals surface area (Å²) >= 11 is 0. The third kappa shape index (κ3) is 6.49. The summed E-state index contributed by atoms with van der Waals surface area (Å²) < 4.78 is 37.5. The largest absolute Gasteiger partial charge is 0.490 e. The number of carboxylic acids is 1. The van der Waals surface area contributed by atoms with Crippen molar-refractivity contribution in [3.63, 3.8) is 0 Å². The van der Waals surface area contributed by atoms with Gasteiger partial charge in [-0.05, 0) is 87.7 Å². The van der Waals surface area contributed by atoms with E-state index in [9.17, 15) is 18.0 Å². The van der Waals surface area contributed by atoms with E-state index < -0.39 is 12.1 Å². The molecule has 1 aromatic heterocycles. The molecule has 0 radical (unpaired) electrons. The highest BCUT2D eigenvalue weighted by atomic mass is 19.4. The van der Waals surface area contributed by atoms with Crippen LogP contribution in [0.3, 0.4) is 0 Å². The van der Waals surface area contributed by atoms with Gasteiger partial charge in [0.1, 0.15) is 11.5 Å². The van der Waals surface area contributed by atoms with Crippen LogP contribution in [0.2, 0.25) is 0 Å². The zero-order chi connectivity index (χ0) is 26.5. The molecule has 4 rings (SSSR count). The van der Waals surface area contributed by atoms with Crippen LogP contribution in [0.4, 0.5) is 13.2 Å². The molecule has 1 fully saturated rings. The number of carbonyl (C=O) groups excluding carboxylic acids is 1. The Labute approximate surface area is 210 Å². The van der Waals surface area contributed by atoms with Crippen molar-refractivity contribution in [2.24, 2.45) is 0 Å². The van der Waals surface area contributed by atoms with E-state index in [2.05, 4.69) is 49.1 Å². The molecule has 36 heavy (non-hydrogen) atoms. The van der Waals surface area contributed by atoms with Crippen LogP contribution >= 0.6 is 0 Å². The molecule has 0 saturated carbocycles. The predicted octanol–water partition coefficient (Wildman–Crippen LogP) is 5.50. The minimum Gasteiger partial charge on any atom is -0.475 e. The molecule has 1 atom stereocenters. The van der Waals surface area contributed by atoms with E-state index in [1.807, 2.05) is 17.9 Å². The van der Waals surface area contributed by atoms with Crippen molar-refractivity contribution in [2.75, 3.05) is 26.2 Å². The minimum absolute atomic E-state index is 0.236. The number of alkyl halides is 3. The van der Waals surface area contributed by atoms with Crippen LogP contribution in [0.25, 0.3) is 0 Å². The van der Waals surface area contributed by atoms with E-state index in [1.54, 1.807) is 0 Å². The topological polar surface area (TPSA) is 74.0 Å². The normalized spacial score (nSPS) is 18.9. The molecule has 1 spiro atoms. The fraction of sp³-hybridized carbons (Fsp3) is 0.556. The molecule has 1 aliphatic heterocycles. The van der Waals surface area contributed by atoms with Gasteiger partial charge in [0, 0.05) is 19.5 Å². The van der Waals surface area contributed by atoms with Crippen LogP contribution in [0.5, 0.6) is 0 Å². The lowest BCUT2D eigenvalue weighted by Crippen LogP contribution is -2.41. The summed E-state index contributed by atoms with van der Waals surface area (Å²) in [5.74, 6) is -0.0459. The first-order valence-corrected chi connectivity index (χ1v) is 12.4. The first kappa shape index (κ1) is 27.8. The fourth-order valence-electron chi connectivity index (χ4n) is 5.53. The lowest BCUT2D eigenvalue weighted by molar-refractivity contribution is -0.192. The number of hydrogen-bond donors (Lipinski definition) is 1. The number of aryl methyl sites for hydroxylation is 1. The molecule has 9 heteroatoms. The first-order valence-electron chi connectivity index (χ1n) is 12.4. The summed E-state index contributed by atoms with van der Waals surface area (Å²) in [6, 6.07) is 13.0. The van der Waals surface area contributed by atoms with E-state index >= 15 is 0 Å². The van der Waals surface area contributed by atoms with Gasteiger partial charge in [-0.2, -0.15) is 13.2 Å². The summed E-state index contributed by atoms with van der Waals surface area (Å²) in [5, 5.41) is 7.12. The number of amides is 1. The second-order valence-electron chi connectivity index (χ2n) is 9.63. The van der Waals surface area contributed by atoms with Crippen molar-refractivity contribution in [1.82, 2.24) is 9.80 Å². The molecular weight excluding hydrogens is 473 g/mol. The molecule has 1 N–H and O–H groups in total. The Kier molecular flexibility index (Phi) is 8.87. The third-order valence-electron chi connectivity index (χ3n) is 7.38. The van der Waals surface area contributed by atoms with Crippen LogP contribution in [-0.2, 0) is 21.5 Å². The van der Waals surface area contributed by atoms with Gasteiger partial charge in [-0.25, -0.2) is 4.79 Å². The number of furan rings is 1. The smallest absolute Gasteiger partial charge is 0.475 e. The molecule has 0 bridgehead atoms. The number of likely N-dealkylation sites (tertiary alicyclic amines) is 1. The van der Waals surface area contributed by atoms with E-state index in [0.29, 0.717) is 18.2 Å². The van der Waals surface area contributed by atoms with Crippen LogP contribution in [0.1, 0.15) is 68.1 Å². The highest BCUT2D eigenvalue weighted by Gasteiger charge is 2.45. The Morgan fingerprint density at radius 1 is 1.11 bits per heavy atom. The van der Waals surface area contributed by atoms with Crippen molar-refractivity contribution in [2.45, 2.75) is 70.5 Å². The van der Waals surface area contributed by atoms with E-state index in [4.69, 9.17) is 14.3 Å². The van der Waals surface area contributed by atoms with E-state index in [-0.39, 0.29) is 5.41 Å². The number of aliphatic carboxylic acids is 1. The summed E-state index contributed by atoms with van der Waals surface area (Å²) in [5.41, 5.74) is 3.16. The van der Waals surface area contributed by atoms with Crippen LogP contribution in [0.15, 0.2) is 40.8 Å². The minimum atomic E-state index is -5.08. The van der Waals surface area contributed by atoms with Crippen molar-refractivity contribution >= 4 is 11.9 Å². The second-order valence-corrected chi connectivity index (χ2v) is 9.63. The molecule has 2 heterocycles. The third-order valence-corrected chi connectivity index (χ3v) is 7.38. The maximum absolute atomic E-state index is 12.8. The predicted molar refractivity (Wildman–Crippen MR) is 130 cm³/mol. The van der Waals surface area contributed by atoms with Crippen LogP contribution < -0.4 is 0 Å². The van der Waals surface area contributed by atoms with Gasteiger partial charge in [0.2, 0.25) is 5.91 Å². The molecular formula is C27H35F3N2O4. The van der Waals surface area contributed by atoms with Gasteiger partial charge in [0.05, 0.1) is 6.54 Å². The Hall–Kier alpha value is -2.81. The van der Waals surface area contributed by atoms with Crippen molar-refractivity contribution in [3.05, 3.63) is 59.0 Å². The molecule has 1 unspecified atom stereocenters. The number of hydrogen-bond acceptors (Lipinski definition) is 4. The Morgan fingerprint density at radius 3 is 2.25 bits per heavy atom. The molecule has 2 aliphatic rings. The molecule has 1 saturated heterocycles. The SMILES string of the molecule is CCN(CC)C(=O)CC1CC2(CCN(Cc3ccc(C)o3)CC2)c2ccccc21.O=C(O)C(F)(F)F. The Bertz CT molecular complexity index is 1040. The van der Waals surface area contributed by atoms with E-state index in [1.165, 1.54) is 24.0 Å². The standard InChI is InChI=1S/C25H34N2O2.C2HF3O2/c1-4-27(5-2)24(28)16-20-17-25(23-9-7-6-8-22(20)23)12-14-26(15-13-25)18-21-11-10-19(3)29-21;3-2(4,5)1(6)7/h6-11,20H,4-5,12-18H2,1-3H3;(H,6,7). The van der Waals surface area contributed by atoms with Gasteiger partial charge in [0.15, 0.2) is 0 Å². The maximum Gasteiger partial charge on any atom is 0.490 e. The number of fused-ring (bicyclic) bond motifs is 2. The van der Waals surface area contributed by atoms with Crippen molar-refractivity contribution in [1.29, 1.82) is 0 Å². The summed E-state index contributed by atoms with van der Waals surface area (Å²) in [7, 11) is 0. The first-order chi connectivity index (χ1) is 17.0. The highest BCUT2D eigenvalue weighted by Crippen LogP contribution is 2.52. The van der Waals surface area contributed by atoms with Crippen LogP contribution in [-0.4, -0.2) is 59.1 Å². The van der Waals surface area contributed by atoms with Gasteiger partial charge in [-0.15, -0.1) is 0 Å². The molecule has 1 amide bonds. The molecule has 1 aromatic carbocycles. The quantitative estimate of drug-likeness (QED) is 0.558. The summed E-state index contributed by atoms with van der Waals surface area (Å²) in [6.07, 6.45) is -0.984. The lowest BCUT2D eigenvalue weighted by Gasteiger charge is -2.40. The van der Waals surface area contributed by atoms with Gasteiger partial charge >= 0.3 is 12.1 Å². The van der Waals surface area contributed by atoms with Gasteiger partial charge in [-0.1, -0.05) is 24.3 Å². The number of rotatable bonds is 6. The zero-order valence-corrected chi connectivity index (χ0v) is 21.1. The Morgan fingerprint density at radius 2 is 1.72 bits per heavy atom.